The number of aryl methyl sites for hydroxylation is 1. The van der Waals surface area contributed by atoms with Gasteiger partial charge < -0.3 is 14.8 Å². The summed E-state index contributed by atoms with van der Waals surface area (Å²) in [6.07, 6.45) is 5.11. The molecule has 0 unspecified atom stereocenters. The molecule has 136 valence electrons. The summed E-state index contributed by atoms with van der Waals surface area (Å²) >= 11 is 1.65. The van der Waals surface area contributed by atoms with Gasteiger partial charge in [-0.2, -0.15) is 11.8 Å². The first-order chi connectivity index (χ1) is 12.7. The number of carbonyl (C=O) groups is 1. The van der Waals surface area contributed by atoms with Gasteiger partial charge >= 0.3 is 0 Å². The zero-order chi connectivity index (χ0) is 17.8. The topological polar surface area (TPSA) is 47.6 Å². The average molecular weight is 369 g/mol. The summed E-state index contributed by atoms with van der Waals surface area (Å²) in [6, 6.07) is 16.0. The molecule has 4 nitrogen and oxygen atoms in total. The number of hydrogen-bond donors (Lipinski definition) is 1. The Labute approximate surface area is 158 Å². The summed E-state index contributed by atoms with van der Waals surface area (Å²) in [5, 5.41) is 2.95. The lowest BCUT2D eigenvalue weighted by atomic mass is 10.2. The highest BCUT2D eigenvalue weighted by atomic mass is 32.2. The van der Waals surface area contributed by atoms with Crippen LogP contribution in [0.1, 0.15) is 31.2 Å². The number of carbonyl (C=O) groups excluding carboxylic acids is 1. The lowest BCUT2D eigenvalue weighted by Gasteiger charge is -2.21. The number of anilines is 1. The Kier molecular flexibility index (Phi) is 5.07. The van der Waals surface area contributed by atoms with Crippen LogP contribution in [0.15, 0.2) is 48.5 Å². The minimum atomic E-state index is -0.460. The first kappa shape index (κ1) is 17.3. The van der Waals surface area contributed by atoms with Gasteiger partial charge in [0.1, 0.15) is 0 Å². The minimum Gasteiger partial charge on any atom is -0.448 e. The molecule has 26 heavy (non-hydrogen) atoms. The van der Waals surface area contributed by atoms with Crippen molar-refractivity contribution in [1.82, 2.24) is 0 Å². The van der Waals surface area contributed by atoms with Crippen LogP contribution in [0.4, 0.5) is 5.69 Å². The molecule has 2 aromatic carbocycles. The van der Waals surface area contributed by atoms with E-state index in [1.807, 2.05) is 36.4 Å². The highest BCUT2D eigenvalue weighted by Crippen LogP contribution is 2.47. The van der Waals surface area contributed by atoms with Crippen LogP contribution in [0.3, 0.4) is 0 Å². The number of nitrogens with one attached hydrogen (secondary N) is 1. The van der Waals surface area contributed by atoms with Crippen molar-refractivity contribution < 1.29 is 14.3 Å². The molecule has 2 aliphatic rings. The molecular formula is C21H23NO3S. The zero-order valence-electron chi connectivity index (χ0n) is 14.7. The van der Waals surface area contributed by atoms with Crippen molar-refractivity contribution in [3.05, 3.63) is 54.1 Å². The minimum absolute atomic E-state index is 0.0116. The maximum absolute atomic E-state index is 12.2. The Balaban J connectivity index is 1.25. The first-order valence-electron chi connectivity index (χ1n) is 9.16. The predicted molar refractivity (Wildman–Crippen MR) is 105 cm³/mol. The highest BCUT2D eigenvalue weighted by Gasteiger charge is 2.44. The van der Waals surface area contributed by atoms with Gasteiger partial charge in [0, 0.05) is 24.6 Å². The standard InChI is InChI=1S/C21H23NO3S/c23-20(15-26-13-10-16-6-2-1-3-7-16)22-17-8-9-18-19(14-17)25-21(24-18)11-4-5-12-21/h1-3,6-9,14H,4-5,10-13,15H2,(H,22,23). The summed E-state index contributed by atoms with van der Waals surface area (Å²) in [5.74, 6) is 2.45. The molecule has 1 amide bonds. The van der Waals surface area contributed by atoms with Gasteiger partial charge in [0.15, 0.2) is 11.5 Å². The van der Waals surface area contributed by atoms with E-state index in [0.717, 1.165) is 55.0 Å². The third kappa shape index (κ3) is 3.98. The van der Waals surface area contributed by atoms with Crippen LogP contribution in [0.2, 0.25) is 0 Å². The van der Waals surface area contributed by atoms with Crippen LogP contribution < -0.4 is 14.8 Å². The maximum Gasteiger partial charge on any atom is 0.251 e. The fourth-order valence-electron chi connectivity index (χ4n) is 3.49. The maximum atomic E-state index is 12.2. The molecule has 1 spiro atoms. The van der Waals surface area contributed by atoms with Crippen LogP contribution in [0.5, 0.6) is 11.5 Å². The summed E-state index contributed by atoms with van der Waals surface area (Å²) in [6.45, 7) is 0. The Morgan fingerprint density at radius 1 is 1.04 bits per heavy atom. The van der Waals surface area contributed by atoms with Gasteiger partial charge in [0.25, 0.3) is 5.79 Å². The quantitative estimate of drug-likeness (QED) is 0.754. The van der Waals surface area contributed by atoms with E-state index in [9.17, 15) is 4.79 Å². The summed E-state index contributed by atoms with van der Waals surface area (Å²) in [4.78, 5) is 12.2. The molecule has 0 atom stereocenters. The zero-order valence-corrected chi connectivity index (χ0v) is 15.5. The number of benzene rings is 2. The largest absolute Gasteiger partial charge is 0.448 e. The smallest absolute Gasteiger partial charge is 0.251 e. The lowest BCUT2D eigenvalue weighted by molar-refractivity contribution is -0.113. The van der Waals surface area contributed by atoms with Crippen LogP contribution in [0.25, 0.3) is 0 Å². The second-order valence-electron chi connectivity index (χ2n) is 6.82. The van der Waals surface area contributed by atoms with Crippen LogP contribution >= 0.6 is 11.8 Å². The van der Waals surface area contributed by atoms with E-state index >= 15 is 0 Å². The van der Waals surface area contributed by atoms with Crippen molar-refractivity contribution in [2.75, 3.05) is 16.8 Å². The molecule has 1 N–H and O–H groups in total. The third-order valence-electron chi connectivity index (χ3n) is 4.80. The summed E-state index contributed by atoms with van der Waals surface area (Å²) in [5.41, 5.74) is 2.06. The molecule has 5 heteroatoms. The fourth-order valence-corrected chi connectivity index (χ4v) is 4.27. The Morgan fingerprint density at radius 2 is 1.81 bits per heavy atom. The van der Waals surface area contributed by atoms with Gasteiger partial charge in [0.05, 0.1) is 5.75 Å². The van der Waals surface area contributed by atoms with Gasteiger partial charge in [-0.3, -0.25) is 4.79 Å². The van der Waals surface area contributed by atoms with Gasteiger partial charge in [-0.1, -0.05) is 30.3 Å². The lowest BCUT2D eigenvalue weighted by Crippen LogP contribution is -2.34. The SMILES string of the molecule is O=C(CSCCc1ccccc1)Nc1ccc2c(c1)OC1(CCCC1)O2. The summed E-state index contributed by atoms with van der Waals surface area (Å²) in [7, 11) is 0. The number of fused-ring (bicyclic) bond motifs is 1. The molecule has 1 aliphatic carbocycles. The van der Waals surface area contributed by atoms with E-state index in [1.165, 1.54) is 5.56 Å². The fraction of sp³-hybridized carbons (Fsp3) is 0.381. The second-order valence-corrected chi connectivity index (χ2v) is 7.92. The van der Waals surface area contributed by atoms with Crippen LogP contribution in [-0.4, -0.2) is 23.2 Å². The molecule has 1 heterocycles. The Hall–Kier alpha value is -2.14. The molecule has 1 aliphatic heterocycles. The number of thioether (sulfide) groups is 1. The molecule has 2 aromatic rings. The molecule has 4 rings (SSSR count). The molecule has 0 bridgehead atoms. The highest BCUT2D eigenvalue weighted by molar-refractivity contribution is 7.99. The second kappa shape index (κ2) is 7.62. The van der Waals surface area contributed by atoms with E-state index in [4.69, 9.17) is 9.47 Å². The Bertz CT molecular complexity index is 772. The molecule has 0 aromatic heterocycles. The van der Waals surface area contributed by atoms with Crippen LogP contribution in [-0.2, 0) is 11.2 Å². The number of ether oxygens (including phenoxy) is 2. The first-order valence-corrected chi connectivity index (χ1v) is 10.3. The van der Waals surface area contributed by atoms with Gasteiger partial charge in [-0.05, 0) is 42.7 Å². The van der Waals surface area contributed by atoms with Gasteiger partial charge in [-0.25, -0.2) is 0 Å². The molecule has 1 saturated carbocycles. The van der Waals surface area contributed by atoms with Crippen molar-refractivity contribution in [2.24, 2.45) is 0 Å². The van der Waals surface area contributed by atoms with Gasteiger partial charge in [0.2, 0.25) is 5.91 Å². The van der Waals surface area contributed by atoms with E-state index in [-0.39, 0.29) is 5.91 Å². The van der Waals surface area contributed by atoms with Crippen molar-refractivity contribution in [3.63, 3.8) is 0 Å². The van der Waals surface area contributed by atoms with Crippen molar-refractivity contribution in [3.8, 4) is 11.5 Å². The number of amides is 1. The van der Waals surface area contributed by atoms with E-state index < -0.39 is 5.79 Å². The molecular weight excluding hydrogens is 346 g/mol. The average Bonchev–Trinajstić information content (AvgIpc) is 3.25. The van der Waals surface area contributed by atoms with E-state index in [1.54, 1.807) is 11.8 Å². The van der Waals surface area contributed by atoms with E-state index in [2.05, 4.69) is 17.4 Å². The van der Waals surface area contributed by atoms with E-state index in [0.29, 0.717) is 5.75 Å². The Morgan fingerprint density at radius 3 is 2.62 bits per heavy atom. The van der Waals surface area contributed by atoms with Gasteiger partial charge in [-0.15, -0.1) is 0 Å². The summed E-state index contributed by atoms with van der Waals surface area (Å²) < 4.78 is 12.0. The van der Waals surface area contributed by atoms with Crippen LogP contribution in [0, 0.1) is 0 Å². The molecule has 0 radical (unpaired) electrons. The van der Waals surface area contributed by atoms with Crippen molar-refractivity contribution >= 4 is 23.4 Å². The van der Waals surface area contributed by atoms with Crippen molar-refractivity contribution in [1.29, 1.82) is 0 Å². The van der Waals surface area contributed by atoms with Crippen molar-refractivity contribution in [2.45, 2.75) is 37.9 Å². The third-order valence-corrected chi connectivity index (χ3v) is 5.75. The number of hydrogen-bond acceptors (Lipinski definition) is 4. The molecule has 1 fully saturated rings. The predicted octanol–water partition coefficient (Wildman–Crippen LogP) is 4.64. The molecule has 0 saturated heterocycles. The number of rotatable bonds is 6. The normalized spacial score (nSPS) is 16.8. The monoisotopic (exact) mass is 369 g/mol.